The first-order valence-corrected chi connectivity index (χ1v) is 10.9. The van der Waals surface area contributed by atoms with E-state index in [0.717, 1.165) is 25.3 Å². The van der Waals surface area contributed by atoms with Crippen LogP contribution in [0.4, 0.5) is 19.0 Å². The molecule has 172 valence electrons. The van der Waals surface area contributed by atoms with Crippen LogP contribution in [0.2, 0.25) is 0 Å². The van der Waals surface area contributed by atoms with E-state index in [4.69, 9.17) is 4.74 Å². The van der Waals surface area contributed by atoms with E-state index in [-0.39, 0.29) is 30.9 Å². The minimum Gasteiger partial charge on any atom is -0.455 e. The molecule has 6 nitrogen and oxygen atoms in total. The van der Waals surface area contributed by atoms with Gasteiger partial charge in [-0.3, -0.25) is 9.59 Å². The normalized spacial score (nSPS) is 26.9. The molecular formula is C22H30F3N3O3. The standard InChI is InChI=1S/C22H30F3N3O3/c1-14-6-3-9-18(15(14)2)27-19(29)13-31-21(30)16-7-5-11-28(12-16)20-17(22(23,24)25)8-4-10-26-20/h4,8,10,14-16,18H,3,5-7,9,11-13H2,1-2H3,(H,27,29). The third kappa shape index (κ3) is 5.89. The van der Waals surface area contributed by atoms with Crippen molar-refractivity contribution in [2.45, 2.75) is 58.2 Å². The highest BCUT2D eigenvalue weighted by atomic mass is 19.4. The van der Waals surface area contributed by atoms with Crippen LogP contribution >= 0.6 is 0 Å². The number of halogens is 3. The molecule has 1 saturated heterocycles. The molecule has 2 fully saturated rings. The molecule has 1 N–H and O–H groups in total. The van der Waals surface area contributed by atoms with Crippen molar-refractivity contribution in [3.63, 3.8) is 0 Å². The van der Waals surface area contributed by atoms with E-state index in [0.29, 0.717) is 31.2 Å². The van der Waals surface area contributed by atoms with Gasteiger partial charge in [0, 0.05) is 25.3 Å². The Kier molecular flexibility index (Phi) is 7.43. The number of carbonyl (C=O) groups is 2. The van der Waals surface area contributed by atoms with E-state index in [1.54, 1.807) is 0 Å². The first-order chi connectivity index (χ1) is 14.7. The summed E-state index contributed by atoms with van der Waals surface area (Å²) in [6.45, 7) is 4.37. The molecule has 3 rings (SSSR count). The lowest BCUT2D eigenvalue weighted by Crippen LogP contribution is -2.46. The zero-order valence-corrected chi connectivity index (χ0v) is 18.0. The molecule has 2 aliphatic rings. The predicted molar refractivity (Wildman–Crippen MR) is 109 cm³/mol. The summed E-state index contributed by atoms with van der Waals surface area (Å²) < 4.78 is 45.1. The van der Waals surface area contributed by atoms with Crippen molar-refractivity contribution in [1.29, 1.82) is 0 Å². The maximum Gasteiger partial charge on any atom is 0.419 e. The van der Waals surface area contributed by atoms with Gasteiger partial charge in [-0.05, 0) is 43.2 Å². The van der Waals surface area contributed by atoms with Gasteiger partial charge in [-0.25, -0.2) is 4.98 Å². The molecule has 1 aromatic rings. The van der Waals surface area contributed by atoms with E-state index in [2.05, 4.69) is 24.1 Å². The van der Waals surface area contributed by atoms with Crippen molar-refractivity contribution in [2.75, 3.05) is 24.6 Å². The second-order valence-corrected chi connectivity index (χ2v) is 8.71. The van der Waals surface area contributed by atoms with E-state index in [1.165, 1.54) is 17.2 Å². The van der Waals surface area contributed by atoms with Crippen molar-refractivity contribution in [2.24, 2.45) is 17.8 Å². The maximum atomic E-state index is 13.3. The molecule has 0 radical (unpaired) electrons. The average Bonchev–Trinajstić information content (AvgIpc) is 2.75. The quantitative estimate of drug-likeness (QED) is 0.704. The first-order valence-electron chi connectivity index (χ1n) is 10.9. The van der Waals surface area contributed by atoms with Crippen LogP contribution in [0.15, 0.2) is 18.3 Å². The molecular weight excluding hydrogens is 411 g/mol. The zero-order valence-electron chi connectivity index (χ0n) is 18.0. The molecule has 1 amide bonds. The number of alkyl halides is 3. The van der Waals surface area contributed by atoms with Crippen molar-refractivity contribution in [3.8, 4) is 0 Å². The number of anilines is 1. The molecule has 4 unspecified atom stereocenters. The Balaban J connectivity index is 1.54. The molecule has 1 saturated carbocycles. The number of hydrogen-bond donors (Lipinski definition) is 1. The van der Waals surface area contributed by atoms with Crippen molar-refractivity contribution in [3.05, 3.63) is 23.9 Å². The molecule has 2 heterocycles. The zero-order chi connectivity index (χ0) is 22.6. The van der Waals surface area contributed by atoms with Gasteiger partial charge < -0.3 is 15.0 Å². The maximum absolute atomic E-state index is 13.3. The van der Waals surface area contributed by atoms with E-state index >= 15 is 0 Å². The lowest BCUT2D eigenvalue weighted by atomic mass is 9.78. The fourth-order valence-electron chi connectivity index (χ4n) is 4.52. The molecule has 0 spiro atoms. The lowest BCUT2D eigenvalue weighted by molar-refractivity contribution is -0.153. The molecule has 0 bridgehead atoms. The lowest BCUT2D eigenvalue weighted by Gasteiger charge is -2.35. The second kappa shape index (κ2) is 9.87. The number of carbonyl (C=O) groups excluding carboxylic acids is 2. The molecule has 9 heteroatoms. The highest BCUT2D eigenvalue weighted by molar-refractivity contribution is 5.81. The Labute approximate surface area is 180 Å². The van der Waals surface area contributed by atoms with Crippen LogP contribution in [0.5, 0.6) is 0 Å². The van der Waals surface area contributed by atoms with Gasteiger partial charge in [0.25, 0.3) is 5.91 Å². The number of nitrogens with zero attached hydrogens (tertiary/aromatic N) is 2. The number of pyridine rings is 1. The Hall–Kier alpha value is -2.32. The fraction of sp³-hybridized carbons (Fsp3) is 0.682. The summed E-state index contributed by atoms with van der Waals surface area (Å²) in [5.41, 5.74) is -0.820. The van der Waals surface area contributed by atoms with Crippen molar-refractivity contribution in [1.82, 2.24) is 10.3 Å². The highest BCUT2D eigenvalue weighted by Gasteiger charge is 2.37. The molecule has 1 aliphatic heterocycles. The first kappa shape index (κ1) is 23.3. The van der Waals surface area contributed by atoms with Gasteiger partial charge in [0.2, 0.25) is 0 Å². The van der Waals surface area contributed by atoms with Crippen molar-refractivity contribution >= 4 is 17.7 Å². The predicted octanol–water partition coefficient (Wildman–Crippen LogP) is 3.80. The van der Waals surface area contributed by atoms with Gasteiger partial charge in [0.05, 0.1) is 11.5 Å². The van der Waals surface area contributed by atoms with Gasteiger partial charge in [-0.15, -0.1) is 0 Å². The van der Waals surface area contributed by atoms with Crippen LogP contribution in [0.25, 0.3) is 0 Å². The van der Waals surface area contributed by atoms with Gasteiger partial charge >= 0.3 is 12.1 Å². The Morgan fingerprint density at radius 2 is 2.00 bits per heavy atom. The van der Waals surface area contributed by atoms with Gasteiger partial charge in [0.15, 0.2) is 6.61 Å². The minimum absolute atomic E-state index is 0.0741. The molecule has 0 aromatic carbocycles. The molecule has 31 heavy (non-hydrogen) atoms. The smallest absolute Gasteiger partial charge is 0.419 e. The second-order valence-electron chi connectivity index (χ2n) is 8.71. The minimum atomic E-state index is -4.52. The summed E-state index contributed by atoms with van der Waals surface area (Å²) in [6.07, 6.45) is 0.940. The third-order valence-corrected chi connectivity index (χ3v) is 6.55. The van der Waals surface area contributed by atoms with E-state index < -0.39 is 23.6 Å². The van der Waals surface area contributed by atoms with Crippen LogP contribution in [0, 0.1) is 17.8 Å². The van der Waals surface area contributed by atoms with Crippen LogP contribution in [-0.4, -0.2) is 42.6 Å². The summed E-state index contributed by atoms with van der Waals surface area (Å²) in [5, 5.41) is 2.95. The number of ether oxygens (including phenoxy) is 1. The van der Waals surface area contributed by atoms with Crippen LogP contribution in [0.3, 0.4) is 0 Å². The summed E-state index contributed by atoms with van der Waals surface area (Å²) in [5.74, 6) is -0.779. The van der Waals surface area contributed by atoms with Gasteiger partial charge in [-0.2, -0.15) is 13.2 Å². The Morgan fingerprint density at radius 3 is 2.74 bits per heavy atom. The summed E-state index contributed by atoms with van der Waals surface area (Å²) in [7, 11) is 0. The SMILES string of the molecule is CC1CCCC(NC(=O)COC(=O)C2CCCN(c3ncccc3C(F)(F)F)C2)C1C. The van der Waals surface area contributed by atoms with E-state index in [1.807, 2.05) is 0 Å². The van der Waals surface area contributed by atoms with E-state index in [9.17, 15) is 22.8 Å². The van der Waals surface area contributed by atoms with Crippen LogP contribution < -0.4 is 10.2 Å². The number of rotatable bonds is 5. The van der Waals surface area contributed by atoms with Gasteiger partial charge in [-0.1, -0.05) is 26.7 Å². The Morgan fingerprint density at radius 1 is 1.23 bits per heavy atom. The number of piperidine rings is 1. The third-order valence-electron chi connectivity index (χ3n) is 6.55. The Bertz CT molecular complexity index is 787. The monoisotopic (exact) mass is 441 g/mol. The van der Waals surface area contributed by atoms with Crippen molar-refractivity contribution < 1.29 is 27.5 Å². The number of amides is 1. The molecule has 1 aromatic heterocycles. The fourth-order valence-corrected chi connectivity index (χ4v) is 4.52. The van der Waals surface area contributed by atoms with Crippen LogP contribution in [-0.2, 0) is 20.5 Å². The average molecular weight is 441 g/mol. The summed E-state index contributed by atoms with van der Waals surface area (Å²) >= 11 is 0. The summed E-state index contributed by atoms with van der Waals surface area (Å²) in [6, 6.07) is 2.31. The van der Waals surface area contributed by atoms with Gasteiger partial charge in [0.1, 0.15) is 5.82 Å². The topological polar surface area (TPSA) is 71.5 Å². The largest absolute Gasteiger partial charge is 0.455 e. The summed E-state index contributed by atoms with van der Waals surface area (Å²) in [4.78, 5) is 30.1. The molecule has 1 aliphatic carbocycles. The van der Waals surface area contributed by atoms with Crippen LogP contribution in [0.1, 0.15) is 51.5 Å². The number of esters is 1. The molecule has 4 atom stereocenters. The number of aromatic nitrogens is 1. The highest BCUT2D eigenvalue weighted by Crippen LogP contribution is 2.36. The number of hydrogen-bond acceptors (Lipinski definition) is 5. The number of nitrogens with one attached hydrogen (secondary N) is 1.